The van der Waals surface area contributed by atoms with E-state index < -0.39 is 17.3 Å². The summed E-state index contributed by atoms with van der Waals surface area (Å²) >= 11 is 0. The number of aromatic amines is 1. The van der Waals surface area contributed by atoms with Gasteiger partial charge in [0.05, 0.1) is 17.1 Å². The first kappa shape index (κ1) is 37.2. The summed E-state index contributed by atoms with van der Waals surface area (Å²) in [5.41, 5.74) is 3.32. The molecule has 0 radical (unpaired) electrons. The molecule has 290 valence electrons. The van der Waals surface area contributed by atoms with Gasteiger partial charge in [0, 0.05) is 48.3 Å². The van der Waals surface area contributed by atoms with Gasteiger partial charge in [0.2, 0.25) is 5.56 Å². The summed E-state index contributed by atoms with van der Waals surface area (Å²) in [6.45, 7) is 3.90. The molecule has 1 atom stereocenters. The molecule has 8 rings (SSSR count). The van der Waals surface area contributed by atoms with Crippen LogP contribution in [0.15, 0.2) is 105 Å². The zero-order valence-electron chi connectivity index (χ0n) is 31.5. The highest BCUT2D eigenvalue weighted by Gasteiger charge is 2.46. The van der Waals surface area contributed by atoms with Crippen molar-refractivity contribution in [1.82, 2.24) is 19.8 Å². The maximum absolute atomic E-state index is 13.9. The van der Waals surface area contributed by atoms with Crippen LogP contribution in [0.1, 0.15) is 67.4 Å². The highest BCUT2D eigenvalue weighted by Crippen LogP contribution is 2.49. The third kappa shape index (κ3) is 7.11. The van der Waals surface area contributed by atoms with E-state index in [9.17, 15) is 24.6 Å². The molecule has 1 fully saturated rings. The number of carbonyl (C=O) groups is 1. The lowest BCUT2D eigenvalue weighted by Gasteiger charge is -2.38. The van der Waals surface area contributed by atoms with Gasteiger partial charge in [-0.3, -0.25) is 14.2 Å². The van der Waals surface area contributed by atoms with Gasteiger partial charge in [-0.1, -0.05) is 48.5 Å². The van der Waals surface area contributed by atoms with Gasteiger partial charge in [-0.05, 0) is 100 Å². The van der Waals surface area contributed by atoms with Gasteiger partial charge < -0.3 is 39.3 Å². The van der Waals surface area contributed by atoms with Crippen LogP contribution >= 0.6 is 0 Å². The second kappa shape index (κ2) is 15.4. The number of phenolic OH excluding ortho intramolecular Hbond substituents is 1. The molecule has 0 saturated heterocycles. The number of esters is 1. The molecule has 12 heteroatoms. The van der Waals surface area contributed by atoms with E-state index in [1.165, 1.54) is 12.1 Å². The summed E-state index contributed by atoms with van der Waals surface area (Å²) in [4.78, 5) is 43.5. The molecular weight excluding hydrogens is 713 g/mol. The quantitative estimate of drug-likeness (QED) is 0.105. The lowest BCUT2D eigenvalue weighted by molar-refractivity contribution is -0.156. The summed E-state index contributed by atoms with van der Waals surface area (Å²) in [5, 5.41) is 24.9. The number of aliphatic hydroxyl groups excluding tert-OH is 1. The van der Waals surface area contributed by atoms with Crippen molar-refractivity contribution in [3.63, 3.8) is 0 Å². The number of carbonyl (C=O) groups excluding carboxylic acids is 1. The lowest BCUT2D eigenvalue weighted by Crippen LogP contribution is -2.42. The number of aromatic hydroxyl groups is 1. The molecule has 2 aliphatic rings. The van der Waals surface area contributed by atoms with Gasteiger partial charge in [-0.25, -0.2) is 4.79 Å². The van der Waals surface area contributed by atoms with E-state index in [1.807, 2.05) is 73.7 Å². The Labute approximate surface area is 323 Å². The predicted octanol–water partition coefficient (Wildman–Crippen LogP) is 6.25. The number of fused-ring (bicyclic) bond motifs is 4. The van der Waals surface area contributed by atoms with Crippen LogP contribution in [0.4, 0.5) is 0 Å². The number of oxazole rings is 1. The van der Waals surface area contributed by atoms with Crippen LogP contribution in [-0.2, 0) is 28.0 Å². The van der Waals surface area contributed by atoms with Crippen LogP contribution in [0.25, 0.3) is 22.0 Å². The molecule has 0 unspecified atom stereocenters. The van der Waals surface area contributed by atoms with E-state index in [1.54, 1.807) is 16.7 Å². The number of rotatable bonds is 12. The number of hydrogen-bond donors (Lipinski definition) is 4. The predicted molar refractivity (Wildman–Crippen MR) is 212 cm³/mol. The van der Waals surface area contributed by atoms with E-state index in [2.05, 4.69) is 22.2 Å². The van der Waals surface area contributed by atoms with Gasteiger partial charge in [-0.15, -0.1) is 0 Å². The average molecular weight is 759 g/mol. The van der Waals surface area contributed by atoms with Gasteiger partial charge in [0.1, 0.15) is 28.8 Å². The Balaban J connectivity index is 0.818. The molecule has 4 N–H and O–H groups in total. The van der Waals surface area contributed by atoms with Gasteiger partial charge in [0.15, 0.2) is 5.58 Å². The van der Waals surface area contributed by atoms with Crippen molar-refractivity contribution in [2.75, 3.05) is 20.1 Å². The van der Waals surface area contributed by atoms with Crippen molar-refractivity contribution >= 4 is 28.0 Å². The number of phenols is 1. The molecule has 0 amide bonds. The number of aliphatic hydroxyl groups is 1. The summed E-state index contributed by atoms with van der Waals surface area (Å²) in [7, 11) is 2.12. The monoisotopic (exact) mass is 758 g/mol. The minimum absolute atomic E-state index is 0.0607. The van der Waals surface area contributed by atoms with Crippen LogP contribution in [0.2, 0.25) is 0 Å². The van der Waals surface area contributed by atoms with Crippen molar-refractivity contribution in [2.24, 2.45) is 0 Å². The van der Waals surface area contributed by atoms with Gasteiger partial charge in [0.25, 0.3) is 0 Å². The van der Waals surface area contributed by atoms with Crippen molar-refractivity contribution in [1.29, 1.82) is 0 Å². The van der Waals surface area contributed by atoms with E-state index in [4.69, 9.17) is 13.9 Å². The number of pyridine rings is 1. The fourth-order valence-electron chi connectivity index (χ4n) is 8.40. The van der Waals surface area contributed by atoms with Crippen molar-refractivity contribution in [3.8, 4) is 17.2 Å². The van der Waals surface area contributed by atoms with Gasteiger partial charge in [-0.2, -0.15) is 0 Å². The molecule has 3 heterocycles. The smallest absolute Gasteiger partial charge is 0.419 e. The highest BCUT2D eigenvalue weighted by molar-refractivity contribution is 5.90. The number of aryl methyl sites for hydroxylation is 1. The number of ether oxygens (including phenoxy) is 2. The maximum atomic E-state index is 13.9. The molecule has 56 heavy (non-hydrogen) atoms. The van der Waals surface area contributed by atoms with E-state index >= 15 is 0 Å². The number of nitrogens with zero attached hydrogens (tertiary/aromatic N) is 2. The number of H-pyrrole nitrogens is 1. The number of para-hydroxylation sites is 2. The Hall–Kier alpha value is -5.69. The SMILES string of the molecule is CN(CCCn1c(=O)oc2cc(CNC[C@H](O)c3ccc(O)c4[nH]c(=O)ccc34)ccc21)C1CCC(OC(=O)C2(C)c3ccccc3Oc3ccccc32)CC1. The van der Waals surface area contributed by atoms with Crippen LogP contribution < -0.4 is 21.4 Å². The van der Waals surface area contributed by atoms with Crippen LogP contribution in [0.5, 0.6) is 17.2 Å². The first-order valence-electron chi connectivity index (χ1n) is 19.2. The molecule has 12 nitrogen and oxygen atoms in total. The maximum Gasteiger partial charge on any atom is 0.419 e. The largest absolute Gasteiger partial charge is 0.506 e. The molecular formula is C44H46N4O8. The summed E-state index contributed by atoms with van der Waals surface area (Å²) in [6.07, 6.45) is 3.12. The first-order valence-corrected chi connectivity index (χ1v) is 19.2. The molecule has 1 aliphatic carbocycles. The molecule has 2 aromatic heterocycles. The number of benzene rings is 4. The third-order valence-electron chi connectivity index (χ3n) is 11.6. The highest BCUT2D eigenvalue weighted by atomic mass is 16.5. The number of hydrogen-bond acceptors (Lipinski definition) is 10. The Bertz CT molecular complexity index is 2470. The fourth-order valence-corrected chi connectivity index (χ4v) is 8.40. The lowest BCUT2D eigenvalue weighted by atomic mass is 9.74. The molecule has 4 aromatic carbocycles. The second-order valence-corrected chi connectivity index (χ2v) is 15.1. The van der Waals surface area contributed by atoms with Crippen LogP contribution in [0, 0.1) is 0 Å². The molecule has 0 spiro atoms. The molecule has 1 aliphatic heterocycles. The fraction of sp³-hybridized carbons (Fsp3) is 0.341. The minimum atomic E-state index is -0.965. The molecule has 1 saturated carbocycles. The van der Waals surface area contributed by atoms with E-state index in [0.717, 1.165) is 60.9 Å². The number of aromatic nitrogens is 2. The Kier molecular flexibility index (Phi) is 10.3. The third-order valence-corrected chi connectivity index (χ3v) is 11.6. The minimum Gasteiger partial charge on any atom is -0.506 e. The Morgan fingerprint density at radius 3 is 2.43 bits per heavy atom. The Morgan fingerprint density at radius 1 is 0.982 bits per heavy atom. The zero-order valence-corrected chi connectivity index (χ0v) is 31.5. The van der Waals surface area contributed by atoms with Crippen LogP contribution in [-0.4, -0.2) is 62.9 Å². The normalized spacial score (nSPS) is 18.0. The molecule has 0 bridgehead atoms. The number of nitrogens with one attached hydrogen (secondary N) is 2. The van der Waals surface area contributed by atoms with Crippen LogP contribution in [0.3, 0.4) is 0 Å². The Morgan fingerprint density at radius 2 is 1.70 bits per heavy atom. The van der Waals surface area contributed by atoms with Crippen molar-refractivity contribution in [2.45, 2.75) is 75.8 Å². The summed E-state index contributed by atoms with van der Waals surface area (Å²) in [5.74, 6) is 0.643. The van der Waals surface area contributed by atoms with E-state index in [0.29, 0.717) is 47.2 Å². The standard InChI is InChI=1S/C44H46N4O8/c1-44(32-8-3-5-10-37(32)55-38-11-6-4-9-33(38)44)42(52)54-29-15-13-28(14-16-29)47(2)22-7-23-48-34-19-12-27(24-39(34)56-43(48)53)25-45-26-36(50)30-17-20-35(49)41-31(30)18-21-40(51)46-41/h3-6,8-12,17-21,24,28-29,36,45,49-50H,7,13-16,22-23,25-26H2,1-2H3,(H,46,51)/t28?,29?,36-/m0/s1. The summed E-state index contributed by atoms with van der Waals surface area (Å²) < 4.78 is 19.7. The average Bonchev–Trinajstić information content (AvgIpc) is 3.52. The second-order valence-electron chi connectivity index (χ2n) is 15.1. The summed E-state index contributed by atoms with van der Waals surface area (Å²) in [6, 6.07) is 27.4. The van der Waals surface area contributed by atoms with E-state index in [-0.39, 0.29) is 35.4 Å². The van der Waals surface area contributed by atoms with Crippen molar-refractivity contribution in [3.05, 3.63) is 134 Å². The zero-order chi connectivity index (χ0) is 39.0. The molecule has 6 aromatic rings. The topological polar surface area (TPSA) is 159 Å². The first-order chi connectivity index (χ1) is 27.1. The van der Waals surface area contributed by atoms with Crippen molar-refractivity contribution < 1.29 is 28.9 Å². The van der Waals surface area contributed by atoms with Gasteiger partial charge >= 0.3 is 11.7 Å².